The number of methoxy groups -OCH3 is 1. The first-order valence-corrected chi connectivity index (χ1v) is 6.65. The van der Waals surface area contributed by atoms with E-state index in [1.807, 2.05) is 18.2 Å². The fourth-order valence-electron chi connectivity index (χ4n) is 2.40. The van der Waals surface area contributed by atoms with E-state index in [1.165, 1.54) is 0 Å². The molecule has 2 rings (SSSR count). The van der Waals surface area contributed by atoms with Crippen molar-refractivity contribution in [3.8, 4) is 0 Å². The van der Waals surface area contributed by atoms with Crippen molar-refractivity contribution in [3.63, 3.8) is 0 Å². The van der Waals surface area contributed by atoms with Gasteiger partial charge in [-0.2, -0.15) is 0 Å². The molecule has 0 aliphatic carbocycles. The number of carboxylic acid groups (broad SMARTS) is 1. The topological polar surface area (TPSA) is 58.6 Å². The molecule has 0 spiro atoms. The van der Waals surface area contributed by atoms with Crippen LogP contribution < -0.4 is 5.32 Å². The van der Waals surface area contributed by atoms with Crippen molar-refractivity contribution in [2.24, 2.45) is 5.92 Å². The van der Waals surface area contributed by atoms with Crippen LogP contribution in [0.4, 0.5) is 0 Å². The molecule has 0 aromatic heterocycles. The van der Waals surface area contributed by atoms with Gasteiger partial charge in [0.05, 0.1) is 12.5 Å². The predicted molar refractivity (Wildman–Crippen MR) is 71.3 cm³/mol. The molecule has 0 amide bonds. The van der Waals surface area contributed by atoms with Crippen LogP contribution in [-0.2, 0) is 16.1 Å². The quantitative estimate of drug-likeness (QED) is 0.895. The van der Waals surface area contributed by atoms with Gasteiger partial charge in [0.1, 0.15) is 0 Å². The van der Waals surface area contributed by atoms with Gasteiger partial charge < -0.3 is 15.2 Å². The summed E-state index contributed by atoms with van der Waals surface area (Å²) in [7, 11) is 1.66. The lowest BCUT2D eigenvalue weighted by Crippen LogP contribution is -2.18. The highest BCUT2D eigenvalue weighted by Gasteiger charge is 2.32. The van der Waals surface area contributed by atoms with Crippen molar-refractivity contribution in [2.45, 2.75) is 19.1 Å². The summed E-state index contributed by atoms with van der Waals surface area (Å²) in [5, 5.41) is 12.3. The molecule has 5 heteroatoms. The second kappa shape index (κ2) is 5.82. The molecule has 1 saturated heterocycles. The Morgan fingerprint density at radius 3 is 3.00 bits per heavy atom. The Kier molecular flexibility index (Phi) is 4.37. The van der Waals surface area contributed by atoms with E-state index in [4.69, 9.17) is 9.84 Å². The van der Waals surface area contributed by atoms with Gasteiger partial charge in [0.15, 0.2) is 0 Å². The normalized spacial score (nSPS) is 23.2. The molecule has 0 bridgehead atoms. The predicted octanol–water partition coefficient (Wildman–Crippen LogP) is 2.33. The molecule has 1 aliphatic heterocycles. The lowest BCUT2D eigenvalue weighted by atomic mass is 9.96. The van der Waals surface area contributed by atoms with Crippen LogP contribution in [0.3, 0.4) is 0 Å². The first-order chi connectivity index (χ1) is 8.63. The summed E-state index contributed by atoms with van der Waals surface area (Å²) in [6, 6.07) is 6.03. The summed E-state index contributed by atoms with van der Waals surface area (Å²) < 4.78 is 6.19. The maximum atomic E-state index is 11.0. The number of aliphatic carboxylic acids is 1. The summed E-state index contributed by atoms with van der Waals surface area (Å²) in [6.07, 6.45) is 0.620. The Morgan fingerprint density at radius 1 is 1.61 bits per heavy atom. The van der Waals surface area contributed by atoms with Gasteiger partial charge in [0.25, 0.3) is 0 Å². The second-order valence-corrected chi connectivity index (χ2v) is 5.33. The summed E-state index contributed by atoms with van der Waals surface area (Å²) in [5.41, 5.74) is 2.21. The molecular formula is C13H16BrNO3. The van der Waals surface area contributed by atoms with E-state index in [0.717, 1.165) is 15.6 Å². The lowest BCUT2D eigenvalue weighted by Gasteiger charge is -2.17. The lowest BCUT2D eigenvalue weighted by molar-refractivity contribution is -0.141. The first-order valence-electron chi connectivity index (χ1n) is 5.86. The van der Waals surface area contributed by atoms with Crippen LogP contribution in [0.25, 0.3) is 0 Å². The Labute approximate surface area is 114 Å². The van der Waals surface area contributed by atoms with Crippen molar-refractivity contribution >= 4 is 21.9 Å². The van der Waals surface area contributed by atoms with Gasteiger partial charge in [0.2, 0.25) is 0 Å². The number of hydrogen-bond acceptors (Lipinski definition) is 3. The number of carboxylic acids is 1. The van der Waals surface area contributed by atoms with E-state index >= 15 is 0 Å². The van der Waals surface area contributed by atoms with Crippen LogP contribution in [0.1, 0.15) is 23.6 Å². The Hall–Kier alpha value is -0.910. The maximum Gasteiger partial charge on any atom is 0.307 e. The zero-order chi connectivity index (χ0) is 13.1. The van der Waals surface area contributed by atoms with Crippen molar-refractivity contribution < 1.29 is 14.6 Å². The van der Waals surface area contributed by atoms with Gasteiger partial charge in [-0.15, -0.1) is 0 Å². The Balaban J connectivity index is 2.25. The van der Waals surface area contributed by atoms with Gasteiger partial charge in [-0.25, -0.2) is 0 Å². The molecule has 2 atom stereocenters. The summed E-state index contributed by atoms with van der Waals surface area (Å²) >= 11 is 3.54. The van der Waals surface area contributed by atoms with Gasteiger partial charge in [-0.05, 0) is 23.6 Å². The fraction of sp³-hybridized carbons (Fsp3) is 0.462. The van der Waals surface area contributed by atoms with E-state index in [1.54, 1.807) is 7.11 Å². The Morgan fingerprint density at radius 2 is 2.39 bits per heavy atom. The minimum atomic E-state index is -0.731. The van der Waals surface area contributed by atoms with E-state index in [9.17, 15) is 4.79 Å². The third-order valence-electron chi connectivity index (χ3n) is 3.27. The highest BCUT2D eigenvalue weighted by Crippen LogP contribution is 2.34. The van der Waals surface area contributed by atoms with E-state index < -0.39 is 5.97 Å². The largest absolute Gasteiger partial charge is 0.481 e. The maximum absolute atomic E-state index is 11.0. The molecule has 18 heavy (non-hydrogen) atoms. The Bertz CT molecular complexity index is 450. The molecular weight excluding hydrogens is 298 g/mol. The third kappa shape index (κ3) is 2.74. The summed E-state index contributed by atoms with van der Waals surface area (Å²) in [4.78, 5) is 11.0. The molecule has 1 fully saturated rings. The number of hydrogen-bond donors (Lipinski definition) is 2. The van der Waals surface area contributed by atoms with Crippen LogP contribution in [0, 0.1) is 5.92 Å². The minimum Gasteiger partial charge on any atom is -0.481 e. The third-order valence-corrected chi connectivity index (χ3v) is 3.96. The number of nitrogens with one attached hydrogen (secondary N) is 1. The average Bonchev–Trinajstić information content (AvgIpc) is 2.79. The average molecular weight is 314 g/mol. The molecule has 1 aromatic carbocycles. The molecule has 4 nitrogen and oxygen atoms in total. The second-order valence-electron chi connectivity index (χ2n) is 4.48. The van der Waals surface area contributed by atoms with Crippen molar-refractivity contribution in [1.82, 2.24) is 5.32 Å². The highest BCUT2D eigenvalue weighted by atomic mass is 79.9. The van der Waals surface area contributed by atoms with Crippen LogP contribution >= 0.6 is 15.9 Å². The SMILES string of the molecule is COCc1cccc(Br)c1C1CC(C(=O)O)CN1. The standard InChI is InChI=1S/C13H16BrNO3/c1-18-7-8-3-2-4-10(14)12(8)11-5-9(6-15-11)13(16)17/h2-4,9,11,15H,5-7H2,1H3,(H,16,17). The smallest absolute Gasteiger partial charge is 0.307 e. The molecule has 0 radical (unpaired) electrons. The van der Waals surface area contributed by atoms with Gasteiger partial charge in [-0.3, -0.25) is 4.79 Å². The van der Waals surface area contributed by atoms with Crippen molar-refractivity contribution in [1.29, 1.82) is 0 Å². The van der Waals surface area contributed by atoms with Gasteiger partial charge in [0, 0.05) is 24.2 Å². The van der Waals surface area contributed by atoms with Gasteiger partial charge >= 0.3 is 5.97 Å². The molecule has 1 heterocycles. The van der Waals surface area contributed by atoms with Crippen molar-refractivity contribution in [2.75, 3.05) is 13.7 Å². The number of carbonyl (C=O) groups is 1. The number of halogens is 1. The molecule has 2 unspecified atom stereocenters. The van der Waals surface area contributed by atoms with Crippen LogP contribution in [0.5, 0.6) is 0 Å². The monoisotopic (exact) mass is 313 g/mol. The zero-order valence-electron chi connectivity index (χ0n) is 10.1. The first kappa shape index (κ1) is 13.5. The van der Waals surface area contributed by atoms with Crippen LogP contribution in [-0.4, -0.2) is 24.7 Å². The number of rotatable bonds is 4. The van der Waals surface area contributed by atoms with E-state index in [2.05, 4.69) is 21.2 Å². The van der Waals surface area contributed by atoms with Gasteiger partial charge in [-0.1, -0.05) is 28.1 Å². The molecule has 98 valence electrons. The van der Waals surface area contributed by atoms with Crippen LogP contribution in [0.2, 0.25) is 0 Å². The number of ether oxygens (including phenoxy) is 1. The zero-order valence-corrected chi connectivity index (χ0v) is 11.7. The van der Waals surface area contributed by atoms with Crippen LogP contribution in [0.15, 0.2) is 22.7 Å². The fourth-order valence-corrected chi connectivity index (χ4v) is 3.08. The summed E-state index contributed by atoms with van der Waals surface area (Å²) in [6.45, 7) is 1.05. The van der Waals surface area contributed by atoms with E-state index in [0.29, 0.717) is 19.6 Å². The molecule has 1 aromatic rings. The number of benzene rings is 1. The minimum absolute atomic E-state index is 0.0758. The molecule has 0 saturated carbocycles. The van der Waals surface area contributed by atoms with Crippen molar-refractivity contribution in [3.05, 3.63) is 33.8 Å². The van der Waals surface area contributed by atoms with E-state index in [-0.39, 0.29) is 12.0 Å². The summed E-state index contributed by atoms with van der Waals surface area (Å²) in [5.74, 6) is -1.04. The highest BCUT2D eigenvalue weighted by molar-refractivity contribution is 9.10. The molecule has 1 aliphatic rings. The molecule has 2 N–H and O–H groups in total.